The Morgan fingerprint density at radius 3 is 2.43 bits per heavy atom. The Balaban J connectivity index is 1.94. The van der Waals surface area contributed by atoms with Crippen LogP contribution in [-0.2, 0) is 11.3 Å². The fourth-order valence-corrected chi connectivity index (χ4v) is 5.11. The lowest BCUT2D eigenvalue weighted by Gasteiger charge is -2.26. The van der Waals surface area contributed by atoms with Crippen LogP contribution in [-0.4, -0.2) is 33.4 Å². The van der Waals surface area contributed by atoms with Crippen molar-refractivity contribution in [3.63, 3.8) is 0 Å². The van der Waals surface area contributed by atoms with Crippen LogP contribution in [0.15, 0.2) is 28.6 Å². The third kappa shape index (κ3) is 4.52. The average molecular weight is 418 g/mol. The molecule has 0 aromatic carbocycles. The Hall–Kier alpha value is -1.99. The van der Waals surface area contributed by atoms with Crippen molar-refractivity contribution < 1.29 is 4.79 Å². The molecule has 0 radical (unpaired) electrons. The predicted molar refractivity (Wildman–Crippen MR) is 118 cm³/mol. The second-order valence-electron chi connectivity index (χ2n) is 8.00. The van der Waals surface area contributed by atoms with Crippen molar-refractivity contribution in [2.24, 2.45) is 11.8 Å². The maximum absolute atomic E-state index is 13.2. The van der Waals surface area contributed by atoms with E-state index < -0.39 is 0 Å². The summed E-state index contributed by atoms with van der Waals surface area (Å²) in [5.41, 5.74) is 0.772. The molecule has 0 atom stereocenters. The third-order valence-electron chi connectivity index (χ3n) is 4.40. The lowest BCUT2D eigenvalue weighted by molar-refractivity contribution is -0.133. The van der Waals surface area contributed by atoms with E-state index in [1.807, 2.05) is 16.3 Å². The molecular formula is C21H27N3O2S2. The second-order valence-corrected chi connectivity index (χ2v) is 10.1. The van der Waals surface area contributed by atoms with Crippen LogP contribution in [0.5, 0.6) is 0 Å². The van der Waals surface area contributed by atoms with Crippen molar-refractivity contribution >= 4 is 38.8 Å². The third-order valence-corrected chi connectivity index (χ3v) is 6.32. The highest BCUT2D eigenvalue weighted by atomic mass is 32.1. The van der Waals surface area contributed by atoms with Crippen LogP contribution in [0.4, 0.5) is 0 Å². The number of amides is 1. The molecule has 7 heteroatoms. The fraction of sp³-hybridized carbons (Fsp3) is 0.476. The minimum Gasteiger partial charge on any atom is -0.341 e. The lowest BCUT2D eigenvalue weighted by Crippen LogP contribution is -2.40. The molecule has 0 bridgehead atoms. The summed E-state index contributed by atoms with van der Waals surface area (Å²) in [4.78, 5) is 35.4. The molecule has 0 saturated heterocycles. The minimum atomic E-state index is -0.144. The first-order valence-corrected chi connectivity index (χ1v) is 11.3. The van der Waals surface area contributed by atoms with E-state index in [1.54, 1.807) is 11.3 Å². The molecular weight excluding hydrogens is 390 g/mol. The number of thiophene rings is 2. The standard InChI is InChI=1S/C21H27N3O2S2/c1-13(2)8-23(9-14(3)4)18(25)10-24-12-22-20-19(21(24)26)16(11-27-20)17-7-6-15(5)28-17/h6-7,11-14H,8-10H2,1-5H3. The molecule has 5 nitrogen and oxygen atoms in total. The summed E-state index contributed by atoms with van der Waals surface area (Å²) >= 11 is 3.13. The molecule has 3 heterocycles. The van der Waals surface area contributed by atoms with Crippen molar-refractivity contribution in [2.75, 3.05) is 13.1 Å². The largest absolute Gasteiger partial charge is 0.341 e. The highest BCUT2D eigenvalue weighted by molar-refractivity contribution is 7.19. The zero-order chi connectivity index (χ0) is 20.4. The first kappa shape index (κ1) is 20.7. The van der Waals surface area contributed by atoms with Gasteiger partial charge in [-0.25, -0.2) is 4.98 Å². The van der Waals surface area contributed by atoms with Crippen molar-refractivity contribution in [3.05, 3.63) is 39.1 Å². The number of rotatable bonds is 7. The Bertz CT molecular complexity index is 1020. The molecule has 28 heavy (non-hydrogen) atoms. The SMILES string of the molecule is Cc1ccc(-c2csc3ncn(CC(=O)N(CC(C)C)CC(C)C)c(=O)c23)s1. The zero-order valence-electron chi connectivity index (χ0n) is 17.1. The fourth-order valence-electron chi connectivity index (χ4n) is 3.25. The number of aromatic nitrogens is 2. The van der Waals surface area contributed by atoms with Crippen LogP contribution in [0.1, 0.15) is 32.6 Å². The van der Waals surface area contributed by atoms with Crippen LogP contribution < -0.4 is 5.56 Å². The van der Waals surface area contributed by atoms with E-state index in [0.717, 1.165) is 15.3 Å². The summed E-state index contributed by atoms with van der Waals surface area (Å²) in [6.07, 6.45) is 1.51. The molecule has 0 aliphatic heterocycles. The van der Waals surface area contributed by atoms with E-state index in [4.69, 9.17) is 0 Å². The normalized spacial score (nSPS) is 11.7. The number of carbonyl (C=O) groups excluding carboxylic acids is 1. The molecule has 1 amide bonds. The molecule has 0 saturated carbocycles. The minimum absolute atomic E-state index is 0.0277. The summed E-state index contributed by atoms with van der Waals surface area (Å²) in [5.74, 6) is 0.727. The Kier molecular flexibility index (Phi) is 6.35. The van der Waals surface area contributed by atoms with Gasteiger partial charge in [0.15, 0.2) is 0 Å². The van der Waals surface area contributed by atoms with Gasteiger partial charge in [0.25, 0.3) is 5.56 Å². The maximum atomic E-state index is 13.2. The van der Waals surface area contributed by atoms with Crippen LogP contribution in [0.3, 0.4) is 0 Å². The van der Waals surface area contributed by atoms with E-state index >= 15 is 0 Å². The van der Waals surface area contributed by atoms with Gasteiger partial charge in [-0.05, 0) is 30.9 Å². The smallest absolute Gasteiger partial charge is 0.263 e. The van der Waals surface area contributed by atoms with Gasteiger partial charge in [0.2, 0.25) is 5.91 Å². The monoisotopic (exact) mass is 417 g/mol. The highest BCUT2D eigenvalue weighted by Crippen LogP contribution is 2.34. The maximum Gasteiger partial charge on any atom is 0.263 e. The van der Waals surface area contributed by atoms with Gasteiger partial charge < -0.3 is 4.90 Å². The number of aryl methyl sites for hydroxylation is 1. The van der Waals surface area contributed by atoms with Gasteiger partial charge in [0.05, 0.1) is 11.7 Å². The van der Waals surface area contributed by atoms with Crippen LogP contribution >= 0.6 is 22.7 Å². The van der Waals surface area contributed by atoms with Gasteiger partial charge in [-0.15, -0.1) is 22.7 Å². The van der Waals surface area contributed by atoms with Crippen molar-refractivity contribution in [3.8, 4) is 10.4 Å². The highest BCUT2D eigenvalue weighted by Gasteiger charge is 2.19. The molecule has 0 N–H and O–H groups in total. The Labute approximate surface area is 173 Å². The summed E-state index contributed by atoms with van der Waals surface area (Å²) in [6.45, 7) is 11.9. The average Bonchev–Trinajstić information content (AvgIpc) is 3.22. The van der Waals surface area contributed by atoms with Gasteiger partial charge in [0.1, 0.15) is 11.4 Å². The first-order valence-electron chi connectivity index (χ1n) is 9.57. The van der Waals surface area contributed by atoms with Crippen LogP contribution in [0.2, 0.25) is 0 Å². The summed E-state index contributed by atoms with van der Waals surface area (Å²) in [6, 6.07) is 4.09. The van der Waals surface area contributed by atoms with E-state index in [2.05, 4.69) is 45.7 Å². The van der Waals surface area contributed by atoms with Gasteiger partial charge in [-0.1, -0.05) is 27.7 Å². The summed E-state index contributed by atoms with van der Waals surface area (Å²) in [7, 11) is 0. The van der Waals surface area contributed by atoms with Gasteiger partial charge in [-0.3, -0.25) is 14.2 Å². The van der Waals surface area contributed by atoms with Crippen LogP contribution in [0.25, 0.3) is 20.7 Å². The number of hydrogen-bond acceptors (Lipinski definition) is 5. The number of carbonyl (C=O) groups is 1. The predicted octanol–water partition coefficient (Wildman–Crippen LogP) is 4.64. The molecule has 0 unspecified atom stereocenters. The van der Waals surface area contributed by atoms with Crippen molar-refractivity contribution in [1.29, 1.82) is 0 Å². The number of hydrogen-bond donors (Lipinski definition) is 0. The summed E-state index contributed by atoms with van der Waals surface area (Å²) < 4.78 is 1.45. The van der Waals surface area contributed by atoms with E-state index in [-0.39, 0.29) is 18.0 Å². The van der Waals surface area contributed by atoms with E-state index in [9.17, 15) is 9.59 Å². The van der Waals surface area contributed by atoms with Crippen molar-refractivity contribution in [1.82, 2.24) is 14.5 Å². The molecule has 0 aliphatic carbocycles. The molecule has 150 valence electrons. The van der Waals surface area contributed by atoms with Gasteiger partial charge in [0, 0.05) is 33.8 Å². The Morgan fingerprint density at radius 1 is 1.18 bits per heavy atom. The van der Waals surface area contributed by atoms with Gasteiger partial charge >= 0.3 is 0 Å². The molecule has 3 aromatic rings. The van der Waals surface area contributed by atoms with Crippen molar-refractivity contribution in [2.45, 2.75) is 41.2 Å². The molecule has 0 spiro atoms. The molecule has 0 aliphatic rings. The molecule has 0 fully saturated rings. The first-order chi connectivity index (χ1) is 13.3. The lowest BCUT2D eigenvalue weighted by atomic mass is 10.1. The zero-order valence-corrected chi connectivity index (χ0v) is 18.7. The number of nitrogens with zero attached hydrogens (tertiary/aromatic N) is 3. The second kappa shape index (κ2) is 8.57. The number of fused-ring (bicyclic) bond motifs is 1. The quantitative estimate of drug-likeness (QED) is 0.563. The van der Waals surface area contributed by atoms with Crippen LogP contribution in [0, 0.1) is 18.8 Å². The molecule has 3 aromatic heterocycles. The molecule has 3 rings (SSSR count). The van der Waals surface area contributed by atoms with Gasteiger partial charge in [-0.2, -0.15) is 0 Å². The topological polar surface area (TPSA) is 55.2 Å². The van der Waals surface area contributed by atoms with E-state index in [0.29, 0.717) is 30.3 Å². The Morgan fingerprint density at radius 2 is 1.86 bits per heavy atom. The van der Waals surface area contributed by atoms with E-state index in [1.165, 1.54) is 27.1 Å². The summed E-state index contributed by atoms with van der Waals surface area (Å²) in [5, 5.41) is 2.60.